The van der Waals surface area contributed by atoms with Gasteiger partial charge in [0.2, 0.25) is 5.91 Å². The molecule has 1 aromatic carbocycles. The van der Waals surface area contributed by atoms with Crippen molar-refractivity contribution in [3.63, 3.8) is 0 Å². The Hall–Kier alpha value is -2.63. The maximum Gasteiger partial charge on any atom is 0.307 e. The molecule has 1 aliphatic heterocycles. The third-order valence-corrected chi connectivity index (χ3v) is 5.07. The molecule has 1 aliphatic rings. The van der Waals surface area contributed by atoms with Gasteiger partial charge in [0.1, 0.15) is 11.7 Å². The number of hydrogen-bond acceptors (Lipinski definition) is 5. The first kappa shape index (κ1) is 23.6. The van der Waals surface area contributed by atoms with Crippen LogP contribution in [0.2, 0.25) is 0 Å². The van der Waals surface area contributed by atoms with E-state index in [0.717, 1.165) is 5.56 Å². The molecule has 0 aromatic heterocycles. The van der Waals surface area contributed by atoms with Crippen molar-refractivity contribution in [1.29, 1.82) is 0 Å². The minimum atomic E-state index is -0.604. The highest BCUT2D eigenvalue weighted by Crippen LogP contribution is 2.28. The second-order valence-electron chi connectivity index (χ2n) is 8.74. The van der Waals surface area contributed by atoms with Gasteiger partial charge < -0.3 is 14.4 Å². The van der Waals surface area contributed by atoms with Gasteiger partial charge in [-0.3, -0.25) is 14.4 Å². The lowest BCUT2D eigenvalue weighted by atomic mass is 9.96. The number of carbonyl (C=O) groups is 3. The highest BCUT2D eigenvalue weighted by Gasteiger charge is 2.33. The first-order valence-electron chi connectivity index (χ1n) is 10.5. The van der Waals surface area contributed by atoms with Crippen LogP contribution in [0.3, 0.4) is 0 Å². The van der Waals surface area contributed by atoms with Crippen LogP contribution in [-0.2, 0) is 23.9 Å². The summed E-state index contributed by atoms with van der Waals surface area (Å²) in [5.74, 6) is -1.40. The van der Waals surface area contributed by atoms with Crippen LogP contribution in [0, 0.1) is 5.92 Å². The number of esters is 2. The Morgan fingerprint density at radius 2 is 1.83 bits per heavy atom. The summed E-state index contributed by atoms with van der Waals surface area (Å²) in [7, 11) is 1.69. The van der Waals surface area contributed by atoms with Gasteiger partial charge in [-0.2, -0.15) is 0 Å². The van der Waals surface area contributed by atoms with Crippen molar-refractivity contribution in [3.8, 4) is 0 Å². The van der Waals surface area contributed by atoms with Crippen LogP contribution in [0.25, 0.3) is 0 Å². The zero-order valence-electron chi connectivity index (χ0n) is 18.6. The molecule has 0 bridgehead atoms. The summed E-state index contributed by atoms with van der Waals surface area (Å²) < 4.78 is 11.2. The molecule has 0 saturated carbocycles. The first-order valence-corrected chi connectivity index (χ1v) is 10.5. The summed E-state index contributed by atoms with van der Waals surface area (Å²) in [5.41, 5.74) is 0.224. The molecular weight excluding hydrogens is 382 g/mol. The standard InChI is InChI=1S/C24H33NO5/c1-17-22(18-12-8-6-9-13-18)29-20(26)15-11-7-10-14-19(23(28)25(17)5)16-21(27)30-24(2,3)4/h6-10,12-13,17,19,22H,11,14-16H2,1-5H3/b10-7-/t17-,19-,22-/m0/s1. The summed E-state index contributed by atoms with van der Waals surface area (Å²) in [6.07, 6.45) is 4.35. The van der Waals surface area contributed by atoms with Crippen molar-refractivity contribution in [3.05, 3.63) is 48.0 Å². The van der Waals surface area contributed by atoms with Crippen molar-refractivity contribution in [2.24, 2.45) is 5.92 Å². The predicted octanol–water partition coefficient (Wildman–Crippen LogP) is 4.21. The van der Waals surface area contributed by atoms with E-state index in [1.807, 2.05) is 49.4 Å². The fourth-order valence-electron chi connectivity index (χ4n) is 3.42. The van der Waals surface area contributed by atoms with Gasteiger partial charge in [0, 0.05) is 13.5 Å². The number of nitrogens with zero attached hydrogens (tertiary/aromatic N) is 1. The minimum absolute atomic E-state index is 0.00724. The number of rotatable bonds is 3. The van der Waals surface area contributed by atoms with Crippen LogP contribution in [-0.4, -0.2) is 41.4 Å². The van der Waals surface area contributed by atoms with Crippen molar-refractivity contribution in [2.75, 3.05) is 7.05 Å². The highest BCUT2D eigenvalue weighted by atomic mass is 16.6. The van der Waals surface area contributed by atoms with Gasteiger partial charge in [-0.25, -0.2) is 0 Å². The van der Waals surface area contributed by atoms with Gasteiger partial charge in [0.25, 0.3) is 0 Å². The Labute approximate surface area is 179 Å². The van der Waals surface area contributed by atoms with E-state index < -0.39 is 29.6 Å². The van der Waals surface area contributed by atoms with E-state index in [2.05, 4.69) is 0 Å². The number of allylic oxidation sites excluding steroid dienone is 2. The molecule has 0 N–H and O–H groups in total. The van der Waals surface area contributed by atoms with Gasteiger partial charge in [-0.05, 0) is 46.1 Å². The summed E-state index contributed by atoms with van der Waals surface area (Å²) in [6.45, 7) is 7.27. The van der Waals surface area contributed by atoms with E-state index >= 15 is 0 Å². The number of carbonyl (C=O) groups excluding carboxylic acids is 3. The SMILES string of the molecule is C[C@H]1[C@@H](c2ccccc2)OC(=O)CC/C=C\C[C@@H](CC(=O)OC(C)(C)C)C(=O)N1C. The minimum Gasteiger partial charge on any atom is -0.460 e. The Kier molecular flexibility index (Phi) is 8.21. The van der Waals surface area contributed by atoms with Crippen LogP contribution in [0.1, 0.15) is 65.0 Å². The molecule has 3 atom stereocenters. The lowest BCUT2D eigenvalue weighted by Crippen LogP contribution is -2.44. The molecule has 0 aliphatic carbocycles. The number of cyclic esters (lactones) is 1. The molecule has 0 fully saturated rings. The molecule has 0 radical (unpaired) electrons. The van der Waals surface area contributed by atoms with Crippen LogP contribution in [0.5, 0.6) is 0 Å². The molecule has 164 valence electrons. The quantitative estimate of drug-likeness (QED) is 0.546. The van der Waals surface area contributed by atoms with E-state index in [0.29, 0.717) is 12.8 Å². The van der Waals surface area contributed by atoms with Crippen molar-refractivity contribution in [2.45, 2.75) is 71.1 Å². The zero-order valence-corrected chi connectivity index (χ0v) is 18.6. The summed E-state index contributed by atoms with van der Waals surface area (Å²) in [6, 6.07) is 9.02. The van der Waals surface area contributed by atoms with Gasteiger partial charge in [0.15, 0.2) is 0 Å². The molecule has 0 spiro atoms. The molecule has 1 heterocycles. The Morgan fingerprint density at radius 1 is 1.17 bits per heavy atom. The monoisotopic (exact) mass is 415 g/mol. The molecular formula is C24H33NO5. The van der Waals surface area contributed by atoms with E-state index in [4.69, 9.17) is 9.47 Å². The maximum atomic E-state index is 13.3. The van der Waals surface area contributed by atoms with E-state index in [1.165, 1.54) is 0 Å². The average molecular weight is 416 g/mol. The molecule has 0 saturated heterocycles. The number of hydrogen-bond donors (Lipinski definition) is 0. The second-order valence-corrected chi connectivity index (χ2v) is 8.74. The Bertz CT molecular complexity index is 766. The van der Waals surface area contributed by atoms with Crippen LogP contribution < -0.4 is 0 Å². The first-order chi connectivity index (χ1) is 14.1. The fourth-order valence-corrected chi connectivity index (χ4v) is 3.42. The lowest BCUT2D eigenvalue weighted by molar-refractivity contribution is -0.160. The summed E-state index contributed by atoms with van der Waals surface area (Å²) in [5, 5.41) is 0. The molecule has 6 nitrogen and oxygen atoms in total. The van der Waals surface area contributed by atoms with Crippen molar-refractivity contribution in [1.82, 2.24) is 4.90 Å². The lowest BCUT2D eigenvalue weighted by Gasteiger charge is -2.34. The molecule has 30 heavy (non-hydrogen) atoms. The molecule has 0 unspecified atom stereocenters. The smallest absolute Gasteiger partial charge is 0.307 e. The largest absolute Gasteiger partial charge is 0.460 e. The molecule has 1 aromatic rings. The van der Waals surface area contributed by atoms with E-state index in [1.54, 1.807) is 32.7 Å². The Morgan fingerprint density at radius 3 is 2.47 bits per heavy atom. The average Bonchev–Trinajstić information content (AvgIpc) is 2.68. The zero-order chi connectivity index (χ0) is 22.3. The van der Waals surface area contributed by atoms with Gasteiger partial charge in [0.05, 0.1) is 18.4 Å². The van der Waals surface area contributed by atoms with Crippen molar-refractivity contribution >= 4 is 17.8 Å². The van der Waals surface area contributed by atoms with E-state index in [9.17, 15) is 14.4 Å². The maximum absolute atomic E-state index is 13.3. The fraction of sp³-hybridized carbons (Fsp3) is 0.542. The van der Waals surface area contributed by atoms with Gasteiger partial charge >= 0.3 is 11.9 Å². The van der Waals surface area contributed by atoms with Crippen LogP contribution in [0.4, 0.5) is 0 Å². The second kappa shape index (κ2) is 10.4. The van der Waals surface area contributed by atoms with Crippen LogP contribution in [0.15, 0.2) is 42.5 Å². The Balaban J connectivity index is 2.28. The summed E-state index contributed by atoms with van der Waals surface area (Å²) >= 11 is 0. The number of ether oxygens (including phenoxy) is 2. The number of likely N-dealkylation sites (N-methyl/N-ethyl adjacent to an activating group) is 1. The van der Waals surface area contributed by atoms with E-state index in [-0.39, 0.29) is 24.7 Å². The number of benzene rings is 1. The van der Waals surface area contributed by atoms with Crippen LogP contribution >= 0.6 is 0 Å². The molecule has 6 heteroatoms. The topological polar surface area (TPSA) is 72.9 Å². The number of amides is 1. The third-order valence-electron chi connectivity index (χ3n) is 5.07. The molecule has 2 rings (SSSR count). The van der Waals surface area contributed by atoms with Crippen molar-refractivity contribution < 1.29 is 23.9 Å². The van der Waals surface area contributed by atoms with Gasteiger partial charge in [-0.1, -0.05) is 42.5 Å². The predicted molar refractivity (Wildman–Crippen MR) is 114 cm³/mol. The van der Waals surface area contributed by atoms with Gasteiger partial charge in [-0.15, -0.1) is 0 Å². The normalized spacial score (nSPS) is 25.0. The third kappa shape index (κ3) is 7.01. The highest BCUT2D eigenvalue weighted by molar-refractivity contribution is 5.84. The molecule has 1 amide bonds. The summed E-state index contributed by atoms with van der Waals surface area (Å²) in [4.78, 5) is 39.6.